The Morgan fingerprint density at radius 1 is 1.04 bits per heavy atom. The van der Waals surface area contributed by atoms with Gasteiger partial charge in [0.2, 0.25) is 6.10 Å². The second kappa shape index (κ2) is 6.62. The van der Waals surface area contributed by atoms with E-state index in [0.717, 1.165) is 11.1 Å². The zero-order valence-electron chi connectivity index (χ0n) is 13.5. The molecule has 2 aromatic carbocycles. The van der Waals surface area contributed by atoms with Crippen LogP contribution in [0, 0.1) is 13.8 Å². The smallest absolute Gasteiger partial charge is 0.283 e. The zero-order valence-corrected chi connectivity index (χ0v) is 13.5. The summed E-state index contributed by atoms with van der Waals surface area (Å²) >= 11 is 0. The summed E-state index contributed by atoms with van der Waals surface area (Å²) in [5, 5.41) is 0. The van der Waals surface area contributed by atoms with Crippen molar-refractivity contribution < 1.29 is 19.1 Å². The number of nitrogens with one attached hydrogen (secondary N) is 2. The highest BCUT2D eigenvalue weighted by molar-refractivity contribution is 5.97. The maximum absolute atomic E-state index is 12.2. The first-order valence-corrected chi connectivity index (χ1v) is 7.60. The second-order valence-corrected chi connectivity index (χ2v) is 5.63. The number of ether oxygens (including phenoxy) is 2. The number of rotatable bonds is 2. The Morgan fingerprint density at radius 2 is 1.79 bits per heavy atom. The minimum atomic E-state index is -0.820. The quantitative estimate of drug-likeness (QED) is 0.827. The van der Waals surface area contributed by atoms with Crippen LogP contribution in [0.5, 0.6) is 11.5 Å². The van der Waals surface area contributed by atoms with E-state index in [1.807, 2.05) is 32.0 Å². The van der Waals surface area contributed by atoms with Crippen molar-refractivity contribution in [2.75, 3.05) is 6.61 Å². The highest BCUT2D eigenvalue weighted by Gasteiger charge is 2.27. The molecule has 1 aliphatic heterocycles. The zero-order chi connectivity index (χ0) is 17.1. The Balaban J connectivity index is 1.59. The lowest BCUT2D eigenvalue weighted by Gasteiger charge is -2.25. The molecule has 0 spiro atoms. The average molecular weight is 326 g/mol. The lowest BCUT2D eigenvalue weighted by Crippen LogP contribution is -2.50. The molecule has 1 atom stereocenters. The van der Waals surface area contributed by atoms with Crippen LogP contribution in [0.3, 0.4) is 0 Å². The van der Waals surface area contributed by atoms with Crippen LogP contribution in [-0.4, -0.2) is 24.5 Å². The number of carbonyl (C=O) groups is 2. The summed E-state index contributed by atoms with van der Waals surface area (Å²) in [5.74, 6) is 0.256. The van der Waals surface area contributed by atoms with Crippen molar-refractivity contribution in [3.63, 3.8) is 0 Å². The lowest BCUT2D eigenvalue weighted by atomic mass is 10.1. The van der Waals surface area contributed by atoms with Gasteiger partial charge in [0, 0.05) is 5.56 Å². The number of carbonyl (C=O) groups excluding carboxylic acids is 2. The summed E-state index contributed by atoms with van der Waals surface area (Å²) in [6, 6.07) is 12.6. The Hall–Kier alpha value is -3.02. The van der Waals surface area contributed by atoms with E-state index in [9.17, 15) is 9.59 Å². The number of amides is 2. The molecule has 6 nitrogen and oxygen atoms in total. The summed E-state index contributed by atoms with van der Waals surface area (Å²) in [7, 11) is 0. The van der Waals surface area contributed by atoms with Gasteiger partial charge in [0.05, 0.1) is 0 Å². The normalized spacial score (nSPS) is 15.5. The van der Waals surface area contributed by atoms with Gasteiger partial charge in [0.1, 0.15) is 6.61 Å². The summed E-state index contributed by atoms with van der Waals surface area (Å²) in [5.41, 5.74) is 7.20. The number of benzene rings is 2. The number of hydrogen-bond donors (Lipinski definition) is 2. The molecule has 1 heterocycles. The molecule has 0 saturated carbocycles. The third kappa shape index (κ3) is 3.32. The first-order valence-electron chi connectivity index (χ1n) is 7.60. The van der Waals surface area contributed by atoms with Gasteiger partial charge < -0.3 is 9.47 Å². The molecule has 3 rings (SSSR count). The van der Waals surface area contributed by atoms with Crippen LogP contribution in [0.2, 0.25) is 0 Å². The van der Waals surface area contributed by atoms with Gasteiger partial charge in [-0.15, -0.1) is 0 Å². The number of para-hydroxylation sites is 2. The Kier molecular flexibility index (Phi) is 4.37. The van der Waals surface area contributed by atoms with E-state index < -0.39 is 12.0 Å². The van der Waals surface area contributed by atoms with Crippen molar-refractivity contribution in [3.05, 3.63) is 59.2 Å². The molecule has 0 saturated heterocycles. The van der Waals surface area contributed by atoms with Crippen molar-refractivity contribution in [1.29, 1.82) is 0 Å². The lowest BCUT2D eigenvalue weighted by molar-refractivity contribution is -0.131. The third-order valence-electron chi connectivity index (χ3n) is 3.73. The maximum atomic E-state index is 12.2. The topological polar surface area (TPSA) is 76.7 Å². The minimum absolute atomic E-state index is 0.0856. The van der Waals surface area contributed by atoms with Gasteiger partial charge in [-0.3, -0.25) is 20.4 Å². The van der Waals surface area contributed by atoms with Crippen molar-refractivity contribution in [3.8, 4) is 11.5 Å². The van der Waals surface area contributed by atoms with E-state index in [1.54, 1.807) is 24.3 Å². The van der Waals surface area contributed by atoms with Crippen LogP contribution in [0.4, 0.5) is 0 Å². The highest BCUT2D eigenvalue weighted by atomic mass is 16.6. The summed E-state index contributed by atoms with van der Waals surface area (Å²) in [6.07, 6.45) is -0.820. The molecular weight excluding hydrogens is 308 g/mol. The van der Waals surface area contributed by atoms with Crippen molar-refractivity contribution in [2.45, 2.75) is 20.0 Å². The van der Waals surface area contributed by atoms with Crippen LogP contribution < -0.4 is 20.3 Å². The fraction of sp³-hybridized carbons (Fsp3) is 0.222. The second-order valence-electron chi connectivity index (χ2n) is 5.63. The summed E-state index contributed by atoms with van der Waals surface area (Å²) in [4.78, 5) is 24.3. The Morgan fingerprint density at radius 3 is 2.54 bits per heavy atom. The third-order valence-corrected chi connectivity index (χ3v) is 3.73. The van der Waals surface area contributed by atoms with Gasteiger partial charge in [-0.25, -0.2) is 0 Å². The van der Waals surface area contributed by atoms with Gasteiger partial charge in [0.25, 0.3) is 11.8 Å². The van der Waals surface area contributed by atoms with Crippen molar-refractivity contribution >= 4 is 11.8 Å². The van der Waals surface area contributed by atoms with E-state index in [-0.39, 0.29) is 12.5 Å². The van der Waals surface area contributed by atoms with Gasteiger partial charge in [-0.1, -0.05) is 29.8 Å². The molecule has 2 amide bonds. The monoisotopic (exact) mass is 326 g/mol. The van der Waals surface area contributed by atoms with Gasteiger partial charge in [-0.05, 0) is 37.6 Å². The van der Waals surface area contributed by atoms with Crippen LogP contribution >= 0.6 is 0 Å². The highest BCUT2D eigenvalue weighted by Crippen LogP contribution is 2.30. The number of aryl methyl sites for hydroxylation is 2. The van der Waals surface area contributed by atoms with E-state index >= 15 is 0 Å². The summed E-state index contributed by atoms with van der Waals surface area (Å²) in [6.45, 7) is 3.88. The van der Waals surface area contributed by atoms with E-state index in [1.165, 1.54) is 0 Å². The molecule has 6 heteroatoms. The van der Waals surface area contributed by atoms with E-state index in [0.29, 0.717) is 17.1 Å². The molecule has 0 fully saturated rings. The molecule has 1 aliphatic rings. The average Bonchev–Trinajstić information content (AvgIpc) is 2.59. The van der Waals surface area contributed by atoms with E-state index in [2.05, 4.69) is 10.9 Å². The van der Waals surface area contributed by atoms with E-state index in [4.69, 9.17) is 9.47 Å². The van der Waals surface area contributed by atoms with Crippen molar-refractivity contribution in [1.82, 2.24) is 10.9 Å². The van der Waals surface area contributed by atoms with Crippen molar-refractivity contribution in [2.24, 2.45) is 0 Å². The number of hydrogen-bond acceptors (Lipinski definition) is 4. The maximum Gasteiger partial charge on any atom is 0.283 e. The van der Waals surface area contributed by atoms with Crippen LogP contribution in [0.15, 0.2) is 42.5 Å². The molecule has 124 valence electrons. The van der Waals surface area contributed by atoms with Crippen LogP contribution in [-0.2, 0) is 4.79 Å². The molecule has 0 aliphatic carbocycles. The molecule has 24 heavy (non-hydrogen) atoms. The number of fused-ring (bicyclic) bond motifs is 1. The predicted octanol–water partition coefficient (Wildman–Crippen LogP) is 1.90. The van der Waals surface area contributed by atoms with Gasteiger partial charge >= 0.3 is 0 Å². The fourth-order valence-corrected chi connectivity index (χ4v) is 2.48. The molecular formula is C18H18N2O4. The standard InChI is InChI=1S/C18H18N2O4/c1-11-7-8-13(12(2)9-11)17(21)19-20-18(22)16-10-23-14-5-3-4-6-15(14)24-16/h3-9,16H,10H2,1-2H3,(H,19,21)(H,20,22). The Bertz CT molecular complexity index is 788. The predicted molar refractivity (Wildman–Crippen MR) is 87.9 cm³/mol. The van der Waals surface area contributed by atoms with Crippen LogP contribution in [0.25, 0.3) is 0 Å². The molecule has 2 N–H and O–H groups in total. The van der Waals surface area contributed by atoms with Gasteiger partial charge in [-0.2, -0.15) is 0 Å². The Labute approximate surface area is 139 Å². The van der Waals surface area contributed by atoms with Crippen LogP contribution in [0.1, 0.15) is 21.5 Å². The minimum Gasteiger partial charge on any atom is -0.485 e. The summed E-state index contributed by atoms with van der Waals surface area (Å²) < 4.78 is 11.1. The SMILES string of the molecule is Cc1ccc(C(=O)NNC(=O)C2COc3ccccc3O2)c(C)c1. The fourth-order valence-electron chi connectivity index (χ4n) is 2.48. The first kappa shape index (κ1) is 15.9. The molecule has 0 radical (unpaired) electrons. The van der Waals surface area contributed by atoms with Gasteiger partial charge in [0.15, 0.2) is 11.5 Å². The molecule has 1 unspecified atom stereocenters. The number of hydrazine groups is 1. The molecule has 2 aromatic rings. The molecule has 0 bridgehead atoms. The first-order chi connectivity index (χ1) is 11.5. The molecule has 0 aromatic heterocycles. The largest absolute Gasteiger partial charge is 0.485 e.